The quantitative estimate of drug-likeness (QED) is 0.836. The molecule has 0 aromatic carbocycles. The van der Waals surface area contributed by atoms with E-state index in [0.29, 0.717) is 29.5 Å². The maximum absolute atomic E-state index is 12.4. The minimum atomic E-state index is -0.165. The molecule has 0 saturated carbocycles. The first-order valence-electron chi connectivity index (χ1n) is 9.47. The molecule has 9 heteroatoms. The van der Waals surface area contributed by atoms with Gasteiger partial charge in [0.25, 0.3) is 5.91 Å². The van der Waals surface area contributed by atoms with E-state index in [1.807, 2.05) is 12.1 Å². The summed E-state index contributed by atoms with van der Waals surface area (Å²) >= 11 is 1.06. The van der Waals surface area contributed by atoms with E-state index in [-0.39, 0.29) is 23.5 Å². The molecular formula is C19H20N6O2S. The summed E-state index contributed by atoms with van der Waals surface area (Å²) in [7, 11) is 0. The van der Waals surface area contributed by atoms with Crippen LogP contribution < -0.4 is 10.2 Å². The monoisotopic (exact) mass is 396 g/mol. The molecular weight excluding hydrogens is 376 g/mol. The van der Waals surface area contributed by atoms with Gasteiger partial charge in [0, 0.05) is 31.5 Å². The summed E-state index contributed by atoms with van der Waals surface area (Å²) in [5, 5.41) is 12.2. The van der Waals surface area contributed by atoms with Gasteiger partial charge in [-0.1, -0.05) is 6.07 Å². The number of carbonyl (C=O) groups is 1. The topological polar surface area (TPSA) is 104 Å². The highest BCUT2D eigenvalue weighted by Crippen LogP contribution is 2.55. The highest BCUT2D eigenvalue weighted by molar-refractivity contribution is 6.99. The number of fused-ring (bicyclic) bond motifs is 1. The van der Waals surface area contributed by atoms with Crippen LogP contribution in [-0.4, -0.2) is 51.0 Å². The van der Waals surface area contributed by atoms with Crippen LogP contribution in [0.2, 0.25) is 0 Å². The van der Waals surface area contributed by atoms with Crippen molar-refractivity contribution in [3.05, 3.63) is 35.3 Å². The van der Waals surface area contributed by atoms with Gasteiger partial charge in [0.2, 0.25) is 0 Å². The van der Waals surface area contributed by atoms with Crippen molar-refractivity contribution in [2.24, 2.45) is 11.8 Å². The summed E-state index contributed by atoms with van der Waals surface area (Å²) in [6, 6.07) is 7.63. The number of nitrogens with zero attached hydrogens (tertiary/aromatic N) is 5. The molecule has 2 bridgehead atoms. The van der Waals surface area contributed by atoms with Crippen LogP contribution in [0.1, 0.15) is 34.7 Å². The van der Waals surface area contributed by atoms with Crippen molar-refractivity contribution in [3.8, 4) is 6.07 Å². The van der Waals surface area contributed by atoms with E-state index < -0.39 is 0 Å². The molecule has 2 aromatic heterocycles. The van der Waals surface area contributed by atoms with E-state index in [0.717, 1.165) is 43.5 Å². The van der Waals surface area contributed by atoms with Crippen molar-refractivity contribution in [2.45, 2.75) is 31.5 Å². The van der Waals surface area contributed by atoms with E-state index in [2.05, 4.69) is 30.0 Å². The SMILES string of the molecule is Cc1nsnc1C(=O)NC[C@H]1[C@H]2CN(c3cccc(C#N)n3)C[C@]23CC[C@H]1O3. The predicted octanol–water partition coefficient (Wildman–Crippen LogP) is 1.53. The maximum atomic E-state index is 12.4. The molecule has 0 radical (unpaired) electrons. The molecule has 3 aliphatic rings. The fourth-order valence-corrected chi connectivity index (χ4v) is 5.58. The second-order valence-corrected chi connectivity index (χ2v) is 8.34. The second-order valence-electron chi connectivity index (χ2n) is 7.81. The normalized spacial score (nSPS) is 30.3. The molecule has 2 aromatic rings. The van der Waals surface area contributed by atoms with E-state index in [1.165, 1.54) is 0 Å². The van der Waals surface area contributed by atoms with Crippen molar-refractivity contribution in [1.82, 2.24) is 19.0 Å². The second kappa shape index (κ2) is 6.50. The number of aryl methyl sites for hydroxylation is 1. The average molecular weight is 396 g/mol. The number of amides is 1. The number of pyridine rings is 1. The van der Waals surface area contributed by atoms with Crippen molar-refractivity contribution in [3.63, 3.8) is 0 Å². The first-order chi connectivity index (χ1) is 13.6. The Morgan fingerprint density at radius 1 is 1.50 bits per heavy atom. The van der Waals surface area contributed by atoms with Crippen molar-refractivity contribution in [2.75, 3.05) is 24.5 Å². The highest BCUT2D eigenvalue weighted by Gasteiger charge is 2.63. The summed E-state index contributed by atoms with van der Waals surface area (Å²) in [5.41, 5.74) is 1.34. The summed E-state index contributed by atoms with van der Waals surface area (Å²) in [4.78, 5) is 19.1. The van der Waals surface area contributed by atoms with Gasteiger partial charge in [-0.2, -0.15) is 14.0 Å². The third kappa shape index (κ3) is 2.67. The number of rotatable bonds is 4. The Labute approximate surface area is 166 Å². The summed E-state index contributed by atoms with van der Waals surface area (Å²) in [5.74, 6) is 1.27. The average Bonchev–Trinajstić information content (AvgIpc) is 3.46. The Balaban J connectivity index is 1.31. The van der Waals surface area contributed by atoms with Crippen molar-refractivity contribution < 1.29 is 9.53 Å². The number of aromatic nitrogens is 3. The standard InChI is InChI=1S/C19H20N6O2S/c1-11-17(24-28-23-11)18(26)21-8-13-14-9-25(10-19(14)6-5-15(13)27-19)16-4-2-3-12(7-20)22-16/h2-4,13-15H,5-6,8-10H2,1H3,(H,21,26)/t13-,14+,15+,19+/m0/s1. The minimum absolute atomic E-state index is 0.164. The van der Waals surface area contributed by atoms with E-state index in [9.17, 15) is 4.79 Å². The van der Waals surface area contributed by atoms with Gasteiger partial charge in [0.1, 0.15) is 17.6 Å². The number of hydrogen-bond acceptors (Lipinski definition) is 8. The van der Waals surface area contributed by atoms with Crippen LogP contribution in [0.15, 0.2) is 18.2 Å². The molecule has 0 aliphatic carbocycles. The molecule has 1 amide bonds. The Bertz CT molecular complexity index is 971. The smallest absolute Gasteiger partial charge is 0.272 e. The molecule has 3 saturated heterocycles. The van der Waals surface area contributed by atoms with Gasteiger partial charge in [0.05, 0.1) is 29.1 Å². The zero-order valence-electron chi connectivity index (χ0n) is 15.5. The Morgan fingerprint density at radius 3 is 3.18 bits per heavy atom. The number of hydrogen-bond donors (Lipinski definition) is 1. The number of carbonyl (C=O) groups excluding carboxylic acids is 1. The van der Waals surface area contributed by atoms with Crippen LogP contribution in [0, 0.1) is 30.1 Å². The van der Waals surface area contributed by atoms with Gasteiger partial charge in [-0.25, -0.2) is 4.98 Å². The Kier molecular flexibility index (Phi) is 4.07. The van der Waals surface area contributed by atoms with Crippen LogP contribution in [0.3, 0.4) is 0 Å². The molecule has 0 unspecified atom stereocenters. The summed E-state index contributed by atoms with van der Waals surface area (Å²) in [6.45, 7) is 3.99. The van der Waals surface area contributed by atoms with Gasteiger partial charge < -0.3 is 15.0 Å². The first kappa shape index (κ1) is 17.5. The molecule has 3 aliphatic heterocycles. The Hall–Kier alpha value is -2.57. The van der Waals surface area contributed by atoms with Crippen molar-refractivity contribution in [1.29, 1.82) is 5.26 Å². The maximum Gasteiger partial charge on any atom is 0.272 e. The van der Waals surface area contributed by atoms with E-state index in [1.54, 1.807) is 13.0 Å². The molecule has 3 fully saturated rings. The molecule has 1 N–H and O–H groups in total. The van der Waals surface area contributed by atoms with E-state index >= 15 is 0 Å². The van der Waals surface area contributed by atoms with Gasteiger partial charge >= 0.3 is 0 Å². The molecule has 1 spiro atoms. The number of anilines is 1. The minimum Gasteiger partial charge on any atom is -0.369 e. The molecule has 5 rings (SSSR count). The number of ether oxygens (including phenoxy) is 1. The molecule has 144 valence electrons. The van der Waals surface area contributed by atoms with Crippen LogP contribution in [0.5, 0.6) is 0 Å². The predicted molar refractivity (Wildman–Crippen MR) is 102 cm³/mol. The lowest BCUT2D eigenvalue weighted by Crippen LogP contribution is -2.42. The largest absolute Gasteiger partial charge is 0.369 e. The molecule has 28 heavy (non-hydrogen) atoms. The third-order valence-corrected chi connectivity index (χ3v) is 6.94. The third-order valence-electron chi connectivity index (χ3n) is 6.32. The van der Waals surface area contributed by atoms with Crippen LogP contribution in [0.4, 0.5) is 5.82 Å². The molecule has 4 atom stereocenters. The Morgan fingerprint density at radius 2 is 2.39 bits per heavy atom. The zero-order chi connectivity index (χ0) is 19.3. The lowest BCUT2D eigenvalue weighted by molar-refractivity contribution is 0.0141. The van der Waals surface area contributed by atoms with Crippen LogP contribution >= 0.6 is 11.7 Å². The molecule has 8 nitrogen and oxygen atoms in total. The highest BCUT2D eigenvalue weighted by atomic mass is 32.1. The number of nitrogens with one attached hydrogen (secondary N) is 1. The van der Waals surface area contributed by atoms with Crippen molar-refractivity contribution >= 4 is 23.5 Å². The van der Waals surface area contributed by atoms with Gasteiger partial charge in [-0.05, 0) is 31.9 Å². The first-order valence-corrected chi connectivity index (χ1v) is 10.2. The molecule has 5 heterocycles. The van der Waals surface area contributed by atoms with Crippen LogP contribution in [0.25, 0.3) is 0 Å². The van der Waals surface area contributed by atoms with E-state index in [4.69, 9.17) is 10.00 Å². The summed E-state index contributed by atoms with van der Waals surface area (Å²) in [6.07, 6.45) is 2.25. The van der Waals surface area contributed by atoms with Crippen LogP contribution in [-0.2, 0) is 4.74 Å². The fourth-order valence-electron chi connectivity index (χ4n) is 5.03. The fraction of sp³-hybridized carbons (Fsp3) is 0.526. The number of nitriles is 1. The lowest BCUT2D eigenvalue weighted by atomic mass is 9.73. The zero-order valence-corrected chi connectivity index (χ0v) is 16.3. The van der Waals surface area contributed by atoms with Gasteiger partial charge in [-0.15, -0.1) is 0 Å². The summed E-state index contributed by atoms with van der Waals surface area (Å²) < 4.78 is 14.6. The lowest BCUT2D eigenvalue weighted by Gasteiger charge is -2.29. The van der Waals surface area contributed by atoms with Gasteiger partial charge in [0.15, 0.2) is 5.69 Å². The van der Waals surface area contributed by atoms with Gasteiger partial charge in [-0.3, -0.25) is 4.79 Å².